The lowest BCUT2D eigenvalue weighted by Crippen LogP contribution is -2.54. The molecule has 176 valence electrons. The third kappa shape index (κ3) is 2.66. The quantitative estimate of drug-likeness (QED) is 0.634. The predicted molar refractivity (Wildman–Crippen MR) is 126 cm³/mol. The molecule has 0 spiro atoms. The summed E-state index contributed by atoms with van der Waals surface area (Å²) in [6.45, 7) is 8.50. The number of aromatic nitrogens is 2. The summed E-state index contributed by atoms with van der Waals surface area (Å²) in [6.07, 6.45) is 14.2. The zero-order valence-corrected chi connectivity index (χ0v) is 20.3. The molecule has 4 saturated carbocycles. The zero-order chi connectivity index (χ0) is 21.8. The van der Waals surface area contributed by atoms with E-state index in [-0.39, 0.29) is 6.10 Å². The van der Waals surface area contributed by atoms with Crippen molar-refractivity contribution >= 4 is 0 Å². The lowest BCUT2D eigenvalue weighted by molar-refractivity contribution is -0.0102. The number of H-pyrrole nitrogens is 1. The van der Waals surface area contributed by atoms with Crippen molar-refractivity contribution in [1.29, 1.82) is 0 Å². The summed E-state index contributed by atoms with van der Waals surface area (Å²) in [5.74, 6) is 6.85. The van der Waals surface area contributed by atoms with Crippen LogP contribution in [0, 0.1) is 58.2 Å². The highest BCUT2D eigenvalue weighted by atomic mass is 16.3. The molecule has 32 heavy (non-hydrogen) atoms. The normalized spacial score (nSPS) is 54.6. The predicted octanol–water partition coefficient (Wildman–Crippen LogP) is 4.59. The average Bonchev–Trinajstić information content (AvgIpc) is 3.15. The Labute approximate surface area is 193 Å². The van der Waals surface area contributed by atoms with Crippen molar-refractivity contribution < 1.29 is 5.11 Å². The second-order valence-electron chi connectivity index (χ2n) is 13.6. The van der Waals surface area contributed by atoms with E-state index in [9.17, 15) is 5.11 Å². The van der Waals surface area contributed by atoms with Crippen molar-refractivity contribution in [2.45, 2.75) is 90.7 Å². The van der Waals surface area contributed by atoms with Crippen molar-refractivity contribution in [2.75, 3.05) is 6.54 Å². The number of rotatable bonds is 2. The van der Waals surface area contributed by atoms with Crippen LogP contribution in [0.4, 0.5) is 0 Å². The Morgan fingerprint density at radius 3 is 2.84 bits per heavy atom. The molecular formula is C28H43N3O. The SMILES string of the molecule is C[C@@H]1CN[C@@H]([C@@H](C)[C@]23CC[C@@H]4C(C[C@H]5[C@H]4CC[C@@H]4Cc6[nH]ncc6C[C@@]45C)C2C3)[C@H](O)C1. The lowest BCUT2D eigenvalue weighted by atomic mass is 9.52. The van der Waals surface area contributed by atoms with E-state index in [0.717, 1.165) is 48.5 Å². The second-order valence-corrected chi connectivity index (χ2v) is 13.6. The van der Waals surface area contributed by atoms with Gasteiger partial charge < -0.3 is 10.4 Å². The van der Waals surface area contributed by atoms with E-state index in [1.807, 2.05) is 0 Å². The van der Waals surface area contributed by atoms with E-state index in [2.05, 4.69) is 42.5 Å². The molecule has 3 N–H and O–H groups in total. The molecule has 5 aliphatic carbocycles. The summed E-state index contributed by atoms with van der Waals surface area (Å²) in [7, 11) is 0. The number of aliphatic hydroxyl groups is 1. The van der Waals surface area contributed by atoms with Gasteiger partial charge in [0.1, 0.15) is 0 Å². The minimum Gasteiger partial charge on any atom is -0.391 e. The van der Waals surface area contributed by atoms with E-state index < -0.39 is 0 Å². The molecule has 6 aliphatic rings. The Kier molecular flexibility index (Phi) is 4.38. The number of hydrogen-bond acceptors (Lipinski definition) is 3. The van der Waals surface area contributed by atoms with Gasteiger partial charge in [-0.2, -0.15) is 5.10 Å². The number of fused-ring (bicyclic) bond motifs is 8. The summed E-state index contributed by atoms with van der Waals surface area (Å²) >= 11 is 0. The Morgan fingerprint density at radius 2 is 2.00 bits per heavy atom. The molecule has 0 aromatic carbocycles. The number of nitrogens with one attached hydrogen (secondary N) is 2. The third-order valence-corrected chi connectivity index (χ3v) is 12.4. The highest BCUT2D eigenvalue weighted by molar-refractivity contribution is 5.26. The van der Waals surface area contributed by atoms with Crippen molar-refractivity contribution in [3.8, 4) is 0 Å². The summed E-state index contributed by atoms with van der Waals surface area (Å²) in [5, 5.41) is 22.4. The van der Waals surface area contributed by atoms with Gasteiger partial charge in [-0.15, -0.1) is 0 Å². The minimum absolute atomic E-state index is 0.153. The summed E-state index contributed by atoms with van der Waals surface area (Å²) in [6, 6.07) is 0.316. The van der Waals surface area contributed by atoms with Crippen LogP contribution in [0.25, 0.3) is 0 Å². The fourth-order valence-electron chi connectivity index (χ4n) is 10.7. The Morgan fingerprint density at radius 1 is 1.12 bits per heavy atom. The van der Waals surface area contributed by atoms with Gasteiger partial charge in [-0.1, -0.05) is 20.8 Å². The molecule has 12 atom stereocenters. The topological polar surface area (TPSA) is 60.9 Å². The molecule has 5 fully saturated rings. The van der Waals surface area contributed by atoms with Crippen LogP contribution in [0.3, 0.4) is 0 Å². The minimum atomic E-state index is -0.153. The standard InChI is InChI=1S/C28H43N3O/c1-15-8-25(32)26(29-13-15)16(2)28-7-6-19-20-5-4-18-9-24-17(14-30-31-24)11-27(18,3)22(20)10-21(19)23(28)12-28/h14-16,18-23,25-26,29,32H,4-13H2,1-3H3,(H,30,31)/t15-,16+,18+,19-,20-,21?,22-,23?,25+,26-,27-,28+/m0/s1. The molecule has 0 radical (unpaired) electrons. The first-order valence-electron chi connectivity index (χ1n) is 13.8. The van der Waals surface area contributed by atoms with Crippen LogP contribution in [0.1, 0.15) is 77.0 Å². The van der Waals surface area contributed by atoms with Gasteiger partial charge in [0.05, 0.1) is 12.3 Å². The van der Waals surface area contributed by atoms with Gasteiger partial charge in [0.15, 0.2) is 0 Å². The molecule has 0 amide bonds. The van der Waals surface area contributed by atoms with Crippen molar-refractivity contribution in [3.63, 3.8) is 0 Å². The molecule has 4 nitrogen and oxygen atoms in total. The van der Waals surface area contributed by atoms with Gasteiger partial charge >= 0.3 is 0 Å². The third-order valence-electron chi connectivity index (χ3n) is 12.4. The van der Waals surface area contributed by atoms with Gasteiger partial charge in [-0.05, 0) is 128 Å². The first-order valence-corrected chi connectivity index (χ1v) is 13.8. The molecule has 0 bridgehead atoms. The van der Waals surface area contributed by atoms with E-state index in [4.69, 9.17) is 0 Å². The molecular weight excluding hydrogens is 394 g/mol. The van der Waals surface area contributed by atoms with E-state index in [0.29, 0.717) is 28.7 Å². The van der Waals surface area contributed by atoms with E-state index >= 15 is 0 Å². The first kappa shape index (κ1) is 20.5. The van der Waals surface area contributed by atoms with Gasteiger partial charge in [0.2, 0.25) is 0 Å². The first-order chi connectivity index (χ1) is 15.4. The smallest absolute Gasteiger partial charge is 0.0699 e. The number of aromatic amines is 1. The summed E-state index contributed by atoms with van der Waals surface area (Å²) in [5.41, 5.74) is 3.96. The molecule has 1 aromatic rings. The molecule has 2 unspecified atom stereocenters. The molecule has 1 saturated heterocycles. The van der Waals surface area contributed by atoms with Crippen molar-refractivity contribution in [3.05, 3.63) is 17.5 Å². The largest absolute Gasteiger partial charge is 0.391 e. The van der Waals surface area contributed by atoms with E-state index in [1.165, 1.54) is 62.6 Å². The van der Waals surface area contributed by atoms with Crippen molar-refractivity contribution in [2.24, 2.45) is 58.2 Å². The second kappa shape index (κ2) is 6.84. The Bertz CT molecular complexity index is 897. The Hall–Kier alpha value is -0.870. The van der Waals surface area contributed by atoms with E-state index in [1.54, 1.807) is 0 Å². The van der Waals surface area contributed by atoms with Crippen LogP contribution >= 0.6 is 0 Å². The number of hydrogen-bond donors (Lipinski definition) is 3. The lowest BCUT2D eigenvalue weighted by Gasteiger charge is -2.52. The van der Waals surface area contributed by atoms with Gasteiger partial charge in [-0.3, -0.25) is 5.10 Å². The van der Waals surface area contributed by atoms with Crippen LogP contribution in [0.5, 0.6) is 0 Å². The van der Waals surface area contributed by atoms with Gasteiger partial charge in [-0.25, -0.2) is 0 Å². The molecule has 1 aliphatic heterocycles. The maximum atomic E-state index is 10.9. The van der Waals surface area contributed by atoms with Gasteiger partial charge in [0, 0.05) is 11.7 Å². The van der Waals surface area contributed by atoms with Crippen LogP contribution in [0.2, 0.25) is 0 Å². The number of nitrogens with zero attached hydrogens (tertiary/aromatic N) is 1. The van der Waals surface area contributed by atoms with Crippen LogP contribution < -0.4 is 5.32 Å². The summed E-state index contributed by atoms with van der Waals surface area (Å²) < 4.78 is 0. The zero-order valence-electron chi connectivity index (χ0n) is 20.3. The molecule has 7 rings (SSSR count). The average molecular weight is 438 g/mol. The van der Waals surface area contributed by atoms with Crippen LogP contribution in [-0.2, 0) is 12.8 Å². The van der Waals surface area contributed by atoms with Crippen LogP contribution in [-0.4, -0.2) is 34.0 Å². The summed E-state index contributed by atoms with van der Waals surface area (Å²) in [4.78, 5) is 0. The molecule has 4 heteroatoms. The van der Waals surface area contributed by atoms with Gasteiger partial charge in [0.25, 0.3) is 0 Å². The maximum absolute atomic E-state index is 10.9. The Balaban J connectivity index is 1.12. The highest BCUT2D eigenvalue weighted by Gasteiger charge is 2.69. The molecule has 1 aromatic heterocycles. The highest BCUT2D eigenvalue weighted by Crippen LogP contribution is 2.75. The maximum Gasteiger partial charge on any atom is 0.0699 e. The van der Waals surface area contributed by atoms with Crippen LogP contribution in [0.15, 0.2) is 6.20 Å². The van der Waals surface area contributed by atoms with Crippen molar-refractivity contribution in [1.82, 2.24) is 15.5 Å². The molecule has 2 heterocycles. The fraction of sp³-hybridized carbons (Fsp3) is 0.893. The monoisotopic (exact) mass is 437 g/mol. The number of piperidine rings is 1. The number of aliphatic hydroxyl groups excluding tert-OH is 1. The fourth-order valence-corrected chi connectivity index (χ4v) is 10.7.